The molecule has 0 saturated carbocycles. The van der Waals surface area contributed by atoms with Gasteiger partial charge in [0.15, 0.2) is 0 Å². The van der Waals surface area contributed by atoms with Crippen molar-refractivity contribution < 1.29 is 4.74 Å². The third-order valence-electron chi connectivity index (χ3n) is 2.60. The largest absolute Gasteiger partial charge is 0.493 e. The second-order valence-corrected chi connectivity index (χ2v) is 6.09. The second kappa shape index (κ2) is 6.92. The summed E-state index contributed by atoms with van der Waals surface area (Å²) in [6, 6.07) is 12.2. The summed E-state index contributed by atoms with van der Waals surface area (Å²) in [5, 5.41) is 2.08. The van der Waals surface area contributed by atoms with Crippen LogP contribution in [0.1, 0.15) is 11.3 Å². The van der Waals surface area contributed by atoms with Gasteiger partial charge < -0.3 is 10.5 Å². The van der Waals surface area contributed by atoms with Gasteiger partial charge in [0.25, 0.3) is 0 Å². The van der Waals surface area contributed by atoms with Crippen LogP contribution in [0.2, 0.25) is 0 Å². The van der Waals surface area contributed by atoms with E-state index in [9.17, 15) is 0 Å². The topological polar surface area (TPSA) is 35.2 Å². The third-order valence-corrected chi connectivity index (χ3v) is 3.99. The number of halogens is 1. The van der Waals surface area contributed by atoms with E-state index in [1.165, 1.54) is 4.88 Å². The number of rotatable bonds is 6. The fraction of sp³-hybridized carbons (Fsp3) is 0.286. The highest BCUT2D eigenvalue weighted by Crippen LogP contribution is 2.18. The van der Waals surface area contributed by atoms with E-state index in [1.54, 1.807) is 11.3 Å². The molecule has 96 valence electrons. The maximum absolute atomic E-state index is 6.08. The van der Waals surface area contributed by atoms with Gasteiger partial charge in [-0.25, -0.2) is 0 Å². The molecule has 0 saturated heterocycles. The molecule has 1 heterocycles. The highest BCUT2D eigenvalue weighted by Gasteiger charge is 2.05. The maximum Gasteiger partial charge on any atom is 0.120 e. The molecule has 0 aliphatic heterocycles. The van der Waals surface area contributed by atoms with Gasteiger partial charge >= 0.3 is 0 Å². The number of thiophene rings is 1. The fourth-order valence-electron chi connectivity index (χ4n) is 1.67. The van der Waals surface area contributed by atoms with E-state index in [1.807, 2.05) is 24.3 Å². The summed E-state index contributed by atoms with van der Waals surface area (Å²) in [5.74, 6) is 0.882. The van der Waals surface area contributed by atoms with Crippen molar-refractivity contribution in [2.45, 2.75) is 18.9 Å². The van der Waals surface area contributed by atoms with E-state index >= 15 is 0 Å². The number of benzene rings is 1. The molecule has 1 atom stereocenters. The highest BCUT2D eigenvalue weighted by atomic mass is 79.9. The van der Waals surface area contributed by atoms with Gasteiger partial charge in [0, 0.05) is 15.4 Å². The molecule has 2 aromatic rings. The summed E-state index contributed by atoms with van der Waals surface area (Å²) in [6.07, 6.45) is 1.80. The van der Waals surface area contributed by atoms with E-state index in [0.29, 0.717) is 6.61 Å². The zero-order valence-corrected chi connectivity index (χ0v) is 12.4. The first-order valence-electron chi connectivity index (χ1n) is 5.90. The van der Waals surface area contributed by atoms with E-state index in [2.05, 4.69) is 33.4 Å². The minimum atomic E-state index is 0.163. The molecule has 1 aromatic heterocycles. The van der Waals surface area contributed by atoms with Gasteiger partial charge in [0.1, 0.15) is 5.75 Å². The van der Waals surface area contributed by atoms with Gasteiger partial charge in [0.05, 0.1) is 6.61 Å². The van der Waals surface area contributed by atoms with Crippen LogP contribution in [0.25, 0.3) is 0 Å². The van der Waals surface area contributed by atoms with E-state index in [0.717, 1.165) is 23.1 Å². The normalized spacial score (nSPS) is 12.3. The zero-order chi connectivity index (χ0) is 12.8. The number of ether oxygens (including phenoxy) is 1. The molecule has 2 nitrogen and oxygen atoms in total. The van der Waals surface area contributed by atoms with Crippen LogP contribution < -0.4 is 10.5 Å². The van der Waals surface area contributed by atoms with Crippen molar-refractivity contribution in [3.05, 3.63) is 51.1 Å². The van der Waals surface area contributed by atoms with Gasteiger partial charge in [-0.3, -0.25) is 0 Å². The van der Waals surface area contributed by atoms with Crippen molar-refractivity contribution in [1.29, 1.82) is 0 Å². The van der Waals surface area contributed by atoms with E-state index in [-0.39, 0.29) is 6.04 Å². The minimum absolute atomic E-state index is 0.163. The highest BCUT2D eigenvalue weighted by molar-refractivity contribution is 9.10. The van der Waals surface area contributed by atoms with Crippen molar-refractivity contribution >= 4 is 27.3 Å². The van der Waals surface area contributed by atoms with Gasteiger partial charge in [-0.15, -0.1) is 11.3 Å². The Morgan fingerprint density at radius 3 is 2.89 bits per heavy atom. The van der Waals surface area contributed by atoms with Crippen LogP contribution in [-0.4, -0.2) is 12.6 Å². The van der Waals surface area contributed by atoms with E-state index in [4.69, 9.17) is 10.5 Å². The Labute approximate surface area is 120 Å². The summed E-state index contributed by atoms with van der Waals surface area (Å²) >= 11 is 5.18. The fourth-order valence-corrected chi connectivity index (χ4v) is 2.85. The molecule has 18 heavy (non-hydrogen) atoms. The monoisotopic (exact) mass is 325 g/mol. The van der Waals surface area contributed by atoms with Gasteiger partial charge in [-0.1, -0.05) is 28.1 Å². The Hall–Kier alpha value is -0.840. The summed E-state index contributed by atoms with van der Waals surface area (Å²) in [4.78, 5) is 1.34. The van der Waals surface area contributed by atoms with Crippen molar-refractivity contribution in [2.75, 3.05) is 6.61 Å². The molecule has 0 aliphatic rings. The number of hydrogen-bond donors (Lipinski definition) is 1. The van der Waals surface area contributed by atoms with Crippen LogP contribution in [0.3, 0.4) is 0 Å². The lowest BCUT2D eigenvalue weighted by Crippen LogP contribution is -2.24. The third kappa shape index (κ3) is 4.44. The van der Waals surface area contributed by atoms with Crippen LogP contribution in [0.4, 0.5) is 0 Å². The first-order chi connectivity index (χ1) is 8.74. The average Bonchev–Trinajstić information content (AvgIpc) is 2.82. The first-order valence-corrected chi connectivity index (χ1v) is 7.57. The molecule has 1 aromatic carbocycles. The molecule has 1 unspecified atom stereocenters. The maximum atomic E-state index is 6.08. The molecule has 0 amide bonds. The van der Waals surface area contributed by atoms with Crippen LogP contribution in [-0.2, 0) is 6.42 Å². The SMILES string of the molecule is NC(CCOc1cccc(Br)c1)Cc1cccs1. The molecule has 0 spiro atoms. The van der Waals surface area contributed by atoms with Gasteiger partial charge in [0.2, 0.25) is 0 Å². The smallest absolute Gasteiger partial charge is 0.120 e. The summed E-state index contributed by atoms with van der Waals surface area (Å²) in [7, 11) is 0. The van der Waals surface area contributed by atoms with Crippen molar-refractivity contribution in [1.82, 2.24) is 0 Å². The van der Waals surface area contributed by atoms with Crippen LogP contribution in [0, 0.1) is 0 Å². The molecular formula is C14H16BrNOS. The molecule has 0 aliphatic carbocycles. The Morgan fingerprint density at radius 2 is 2.17 bits per heavy atom. The minimum Gasteiger partial charge on any atom is -0.493 e. The zero-order valence-electron chi connectivity index (χ0n) is 10.0. The number of nitrogens with two attached hydrogens (primary N) is 1. The Kier molecular flexibility index (Phi) is 5.23. The molecule has 4 heteroatoms. The van der Waals surface area contributed by atoms with Crippen LogP contribution in [0.15, 0.2) is 46.3 Å². The molecule has 0 bridgehead atoms. The summed E-state index contributed by atoms with van der Waals surface area (Å²) < 4.78 is 6.70. The molecule has 0 fully saturated rings. The predicted molar refractivity (Wildman–Crippen MR) is 80.3 cm³/mol. The standard InChI is InChI=1S/C14H16BrNOS/c15-11-3-1-4-13(9-11)17-7-6-12(16)10-14-5-2-8-18-14/h1-5,8-9,12H,6-7,10,16H2. The van der Waals surface area contributed by atoms with Crippen LogP contribution in [0.5, 0.6) is 5.75 Å². The lowest BCUT2D eigenvalue weighted by atomic mass is 10.1. The summed E-state index contributed by atoms with van der Waals surface area (Å²) in [5.41, 5.74) is 6.08. The van der Waals surface area contributed by atoms with Gasteiger partial charge in [-0.05, 0) is 42.5 Å². The Morgan fingerprint density at radius 1 is 1.28 bits per heavy atom. The van der Waals surface area contributed by atoms with Crippen LogP contribution >= 0.6 is 27.3 Å². The Balaban J connectivity index is 1.72. The average molecular weight is 326 g/mol. The van der Waals surface area contributed by atoms with Crippen molar-refractivity contribution in [3.8, 4) is 5.75 Å². The first kappa shape index (κ1) is 13.6. The quantitative estimate of drug-likeness (QED) is 0.875. The van der Waals surface area contributed by atoms with Crippen molar-refractivity contribution in [2.24, 2.45) is 5.73 Å². The second-order valence-electron chi connectivity index (χ2n) is 4.14. The molecule has 2 rings (SSSR count). The lowest BCUT2D eigenvalue weighted by Gasteiger charge is -2.11. The van der Waals surface area contributed by atoms with E-state index < -0.39 is 0 Å². The molecule has 0 radical (unpaired) electrons. The molecule has 2 N–H and O–H groups in total. The number of hydrogen-bond acceptors (Lipinski definition) is 3. The van der Waals surface area contributed by atoms with Crippen molar-refractivity contribution in [3.63, 3.8) is 0 Å². The lowest BCUT2D eigenvalue weighted by molar-refractivity contribution is 0.297. The Bertz CT molecular complexity index is 472. The summed E-state index contributed by atoms with van der Waals surface area (Å²) in [6.45, 7) is 0.656. The van der Waals surface area contributed by atoms with Gasteiger partial charge in [-0.2, -0.15) is 0 Å². The molecular weight excluding hydrogens is 310 g/mol. The predicted octanol–water partition coefficient (Wildman–Crippen LogP) is 3.85.